The predicted molar refractivity (Wildman–Crippen MR) is 68.8 cm³/mol. The normalized spacial score (nSPS) is 28.9. The van der Waals surface area contributed by atoms with Gasteiger partial charge in [-0.3, -0.25) is 0 Å². The molecule has 0 spiro atoms. The maximum absolute atomic E-state index is 5.18. The molecule has 0 bridgehead atoms. The Morgan fingerprint density at radius 2 is 2.12 bits per heavy atom. The molecule has 1 heterocycles. The van der Waals surface area contributed by atoms with Crippen LogP contribution in [-0.2, 0) is 4.74 Å². The molecule has 0 aromatic rings. The Morgan fingerprint density at radius 3 is 2.56 bits per heavy atom. The maximum Gasteiger partial charge on any atom is 0.0477 e. The van der Waals surface area contributed by atoms with Crippen LogP contribution >= 0.6 is 0 Å². The first kappa shape index (κ1) is 13.9. The number of nitrogens with zero attached hydrogens (tertiary/aromatic N) is 1. The van der Waals surface area contributed by atoms with Gasteiger partial charge in [0, 0.05) is 38.4 Å². The Kier molecular flexibility index (Phi) is 5.73. The van der Waals surface area contributed by atoms with Crippen LogP contribution in [0.2, 0.25) is 0 Å². The fourth-order valence-corrected chi connectivity index (χ4v) is 2.47. The fourth-order valence-electron chi connectivity index (χ4n) is 2.47. The van der Waals surface area contributed by atoms with E-state index in [4.69, 9.17) is 4.74 Å². The molecule has 1 aliphatic heterocycles. The molecule has 1 saturated heterocycles. The largest absolute Gasteiger partial charge is 0.385 e. The van der Waals surface area contributed by atoms with E-state index in [0.717, 1.165) is 13.0 Å². The van der Waals surface area contributed by atoms with Crippen molar-refractivity contribution in [2.45, 2.75) is 51.7 Å². The van der Waals surface area contributed by atoms with Gasteiger partial charge < -0.3 is 15.0 Å². The fraction of sp³-hybridized carbons (Fsp3) is 1.00. The highest BCUT2D eigenvalue weighted by molar-refractivity contribution is 4.87. The zero-order valence-electron chi connectivity index (χ0n) is 11.5. The van der Waals surface area contributed by atoms with Crippen molar-refractivity contribution in [1.29, 1.82) is 0 Å². The lowest BCUT2D eigenvalue weighted by atomic mass is 9.99. The molecule has 0 aliphatic carbocycles. The summed E-state index contributed by atoms with van der Waals surface area (Å²) >= 11 is 0. The molecule has 1 aliphatic rings. The molecule has 3 atom stereocenters. The number of hydrogen-bond acceptors (Lipinski definition) is 3. The monoisotopic (exact) mass is 228 g/mol. The molecule has 1 N–H and O–H groups in total. The van der Waals surface area contributed by atoms with Crippen molar-refractivity contribution in [3.8, 4) is 0 Å². The summed E-state index contributed by atoms with van der Waals surface area (Å²) in [7, 11) is 3.99. The van der Waals surface area contributed by atoms with Crippen molar-refractivity contribution < 1.29 is 4.74 Å². The Labute approximate surface area is 101 Å². The van der Waals surface area contributed by atoms with Crippen LogP contribution in [0.25, 0.3) is 0 Å². The van der Waals surface area contributed by atoms with E-state index in [2.05, 4.69) is 38.0 Å². The van der Waals surface area contributed by atoms with Gasteiger partial charge in [-0.05, 0) is 32.7 Å². The van der Waals surface area contributed by atoms with Gasteiger partial charge in [0.1, 0.15) is 0 Å². The summed E-state index contributed by atoms with van der Waals surface area (Å²) in [6.45, 7) is 8.91. The van der Waals surface area contributed by atoms with Gasteiger partial charge in [-0.1, -0.05) is 13.8 Å². The lowest BCUT2D eigenvalue weighted by Crippen LogP contribution is -2.43. The molecular formula is C13H28N2O. The van der Waals surface area contributed by atoms with Crippen molar-refractivity contribution >= 4 is 0 Å². The Balaban J connectivity index is 2.37. The summed E-state index contributed by atoms with van der Waals surface area (Å²) in [6, 6.07) is 1.96. The molecule has 1 fully saturated rings. The maximum atomic E-state index is 5.18. The summed E-state index contributed by atoms with van der Waals surface area (Å²) in [4.78, 5) is 2.44. The van der Waals surface area contributed by atoms with Crippen LogP contribution in [0.4, 0.5) is 0 Å². The van der Waals surface area contributed by atoms with Crippen LogP contribution < -0.4 is 5.32 Å². The highest BCUT2D eigenvalue weighted by Gasteiger charge is 2.28. The van der Waals surface area contributed by atoms with Gasteiger partial charge in [-0.25, -0.2) is 0 Å². The number of nitrogens with one attached hydrogen (secondary N) is 1. The van der Waals surface area contributed by atoms with E-state index >= 15 is 0 Å². The average molecular weight is 228 g/mol. The van der Waals surface area contributed by atoms with Gasteiger partial charge in [-0.15, -0.1) is 0 Å². The minimum Gasteiger partial charge on any atom is -0.385 e. The lowest BCUT2D eigenvalue weighted by Gasteiger charge is -2.26. The van der Waals surface area contributed by atoms with Crippen LogP contribution in [0.3, 0.4) is 0 Å². The van der Waals surface area contributed by atoms with E-state index in [9.17, 15) is 0 Å². The van der Waals surface area contributed by atoms with Gasteiger partial charge >= 0.3 is 0 Å². The molecule has 3 heteroatoms. The first-order valence-electron chi connectivity index (χ1n) is 6.49. The van der Waals surface area contributed by atoms with E-state index < -0.39 is 0 Å². The van der Waals surface area contributed by atoms with E-state index in [0.29, 0.717) is 24.0 Å². The second-order valence-corrected chi connectivity index (χ2v) is 5.52. The topological polar surface area (TPSA) is 24.5 Å². The minimum atomic E-state index is 0.587. The van der Waals surface area contributed by atoms with Gasteiger partial charge in [0.15, 0.2) is 0 Å². The molecule has 0 aromatic carbocycles. The van der Waals surface area contributed by atoms with Crippen LogP contribution in [0.15, 0.2) is 0 Å². The molecule has 0 radical (unpaired) electrons. The van der Waals surface area contributed by atoms with Gasteiger partial charge in [0.25, 0.3) is 0 Å². The van der Waals surface area contributed by atoms with Crippen LogP contribution in [0, 0.1) is 5.92 Å². The number of rotatable bonds is 6. The summed E-state index contributed by atoms with van der Waals surface area (Å²) in [5.41, 5.74) is 0. The molecule has 3 unspecified atom stereocenters. The molecule has 0 saturated carbocycles. The first-order chi connectivity index (χ1) is 7.54. The van der Waals surface area contributed by atoms with Crippen LogP contribution in [0.1, 0.15) is 33.6 Å². The van der Waals surface area contributed by atoms with Crippen molar-refractivity contribution in [2.24, 2.45) is 5.92 Å². The SMILES string of the molecule is COCCC(NC1CC(C)N(C)C1)C(C)C. The first-order valence-corrected chi connectivity index (χ1v) is 6.49. The quantitative estimate of drug-likeness (QED) is 0.749. The van der Waals surface area contributed by atoms with Crippen molar-refractivity contribution in [1.82, 2.24) is 10.2 Å². The number of hydrogen-bond donors (Lipinski definition) is 1. The van der Waals surface area contributed by atoms with E-state index in [1.807, 2.05) is 0 Å². The van der Waals surface area contributed by atoms with E-state index in [-0.39, 0.29) is 0 Å². The molecule has 0 amide bonds. The molecule has 96 valence electrons. The highest BCUT2D eigenvalue weighted by atomic mass is 16.5. The summed E-state index contributed by atoms with van der Waals surface area (Å²) in [5, 5.41) is 3.79. The third-order valence-electron chi connectivity index (χ3n) is 3.77. The van der Waals surface area contributed by atoms with Gasteiger partial charge in [0.05, 0.1) is 0 Å². The van der Waals surface area contributed by atoms with Crippen molar-refractivity contribution in [3.05, 3.63) is 0 Å². The van der Waals surface area contributed by atoms with Gasteiger partial charge in [0.2, 0.25) is 0 Å². The Hall–Kier alpha value is -0.120. The second-order valence-electron chi connectivity index (χ2n) is 5.52. The molecule has 3 nitrogen and oxygen atoms in total. The molecule has 1 rings (SSSR count). The number of methoxy groups -OCH3 is 1. The average Bonchev–Trinajstić information content (AvgIpc) is 2.52. The third-order valence-corrected chi connectivity index (χ3v) is 3.77. The lowest BCUT2D eigenvalue weighted by molar-refractivity contribution is 0.170. The van der Waals surface area contributed by atoms with Crippen LogP contribution in [0.5, 0.6) is 0 Å². The number of likely N-dealkylation sites (N-methyl/N-ethyl adjacent to an activating group) is 1. The van der Waals surface area contributed by atoms with E-state index in [1.165, 1.54) is 13.0 Å². The Morgan fingerprint density at radius 1 is 1.44 bits per heavy atom. The standard InChI is InChI=1S/C13H28N2O/c1-10(2)13(6-7-16-5)14-12-8-11(3)15(4)9-12/h10-14H,6-9H2,1-5H3. The molecule has 0 aromatic heterocycles. The third kappa shape index (κ3) is 4.04. The summed E-state index contributed by atoms with van der Waals surface area (Å²) in [6.07, 6.45) is 2.38. The summed E-state index contributed by atoms with van der Waals surface area (Å²) < 4.78 is 5.18. The van der Waals surface area contributed by atoms with Gasteiger partial charge in [-0.2, -0.15) is 0 Å². The smallest absolute Gasteiger partial charge is 0.0477 e. The second kappa shape index (κ2) is 6.58. The Bertz CT molecular complexity index is 186. The number of ether oxygens (including phenoxy) is 1. The highest BCUT2D eigenvalue weighted by Crippen LogP contribution is 2.17. The minimum absolute atomic E-state index is 0.587. The van der Waals surface area contributed by atoms with Crippen molar-refractivity contribution in [2.75, 3.05) is 27.3 Å². The predicted octanol–water partition coefficient (Wildman–Crippen LogP) is 1.73. The van der Waals surface area contributed by atoms with E-state index in [1.54, 1.807) is 7.11 Å². The molecular weight excluding hydrogens is 200 g/mol. The zero-order chi connectivity index (χ0) is 12.1. The number of likely N-dealkylation sites (tertiary alicyclic amines) is 1. The zero-order valence-corrected chi connectivity index (χ0v) is 11.5. The van der Waals surface area contributed by atoms with Crippen molar-refractivity contribution in [3.63, 3.8) is 0 Å². The molecule has 16 heavy (non-hydrogen) atoms. The van der Waals surface area contributed by atoms with Crippen LogP contribution in [-0.4, -0.2) is 50.3 Å². The summed E-state index contributed by atoms with van der Waals surface area (Å²) in [5.74, 6) is 0.677.